The molecule has 1 saturated heterocycles. The number of likely N-dealkylation sites (tertiary alicyclic amines) is 1. The number of rotatable bonds is 14. The van der Waals surface area contributed by atoms with Crippen LogP contribution in [-0.2, 0) is 14.9 Å². The number of nitrogens with zero attached hydrogens (tertiary/aromatic N) is 4. The van der Waals surface area contributed by atoms with Gasteiger partial charge >= 0.3 is 5.97 Å². The van der Waals surface area contributed by atoms with Gasteiger partial charge in [-0.25, -0.2) is 9.50 Å². The Morgan fingerprint density at radius 1 is 0.953 bits per heavy atom. The lowest BCUT2D eigenvalue weighted by atomic mass is 9.79. The molecule has 2 aromatic carbocycles. The van der Waals surface area contributed by atoms with Gasteiger partial charge in [-0.2, -0.15) is 0 Å². The number of carbonyl (C=O) groups is 1. The minimum Gasteiger partial charge on any atom is -0.465 e. The molecular formula is C35H46N6O2. The zero-order chi connectivity index (χ0) is 30.1. The van der Waals surface area contributed by atoms with Crippen molar-refractivity contribution in [3.05, 3.63) is 95.8 Å². The summed E-state index contributed by atoms with van der Waals surface area (Å²) in [4.78, 5) is 20.2. The van der Waals surface area contributed by atoms with E-state index in [9.17, 15) is 4.79 Å². The lowest BCUT2D eigenvalue weighted by molar-refractivity contribution is -0.150. The van der Waals surface area contributed by atoms with E-state index in [1.807, 2.05) is 39.1 Å². The zero-order valence-corrected chi connectivity index (χ0v) is 25.8. The molecule has 0 amide bonds. The minimum atomic E-state index is -0.746. The number of piperidine rings is 1. The van der Waals surface area contributed by atoms with Crippen molar-refractivity contribution in [3.8, 4) is 0 Å². The highest BCUT2D eigenvalue weighted by atomic mass is 16.5. The molecule has 5 rings (SSSR count). The number of benzene rings is 2. The molecule has 2 aromatic heterocycles. The van der Waals surface area contributed by atoms with E-state index >= 15 is 0 Å². The molecule has 1 fully saturated rings. The normalized spacial score (nSPS) is 14.8. The summed E-state index contributed by atoms with van der Waals surface area (Å²) in [6.07, 6.45) is 6.47. The smallest absolute Gasteiger partial charge is 0.318 e. The zero-order valence-electron chi connectivity index (χ0n) is 25.8. The Morgan fingerprint density at radius 3 is 2.21 bits per heavy atom. The molecule has 0 spiro atoms. The fraction of sp³-hybridized carbons (Fsp3) is 0.457. The molecule has 0 atom stereocenters. The second-order valence-corrected chi connectivity index (χ2v) is 11.5. The number of hydrogen-bond acceptors (Lipinski definition) is 7. The molecule has 3 heterocycles. The summed E-state index contributed by atoms with van der Waals surface area (Å²) in [5.41, 5.74) is 3.33. The van der Waals surface area contributed by atoms with Gasteiger partial charge in [-0.05, 0) is 81.9 Å². The van der Waals surface area contributed by atoms with Crippen LogP contribution in [0, 0.1) is 0 Å². The summed E-state index contributed by atoms with van der Waals surface area (Å²) in [5.74, 6) is 0.593. The van der Waals surface area contributed by atoms with Crippen LogP contribution in [0.3, 0.4) is 0 Å². The Kier molecular flexibility index (Phi) is 10.4. The van der Waals surface area contributed by atoms with Crippen LogP contribution in [0.1, 0.15) is 75.7 Å². The number of hydrogen-bond donors (Lipinski definition) is 2. The first-order valence-corrected chi connectivity index (χ1v) is 15.9. The first-order valence-electron chi connectivity index (χ1n) is 15.9. The van der Waals surface area contributed by atoms with E-state index in [4.69, 9.17) is 14.8 Å². The van der Waals surface area contributed by atoms with Crippen LogP contribution in [0.25, 0.3) is 5.65 Å². The van der Waals surface area contributed by atoms with Gasteiger partial charge in [-0.15, -0.1) is 5.10 Å². The third kappa shape index (κ3) is 7.25. The molecule has 4 aromatic rings. The van der Waals surface area contributed by atoms with Crippen molar-refractivity contribution in [2.75, 3.05) is 38.1 Å². The van der Waals surface area contributed by atoms with Crippen molar-refractivity contribution in [1.82, 2.24) is 24.8 Å². The highest BCUT2D eigenvalue weighted by Crippen LogP contribution is 2.33. The van der Waals surface area contributed by atoms with E-state index in [-0.39, 0.29) is 12.0 Å². The number of ether oxygens (including phenoxy) is 1. The van der Waals surface area contributed by atoms with Gasteiger partial charge in [0.1, 0.15) is 11.2 Å². The Hall–Kier alpha value is -3.75. The van der Waals surface area contributed by atoms with Gasteiger partial charge in [-0.1, -0.05) is 74.5 Å². The molecule has 1 aliphatic rings. The standard InChI is InChI=1S/C35H46N6O2/c1-4-35(5-2,34(42)43-6-3)30-26-41-32(38-30)19-18-31(39-41)36-22-13-23-40-24-20-29(21-25-40)37-33(27-14-9-7-10-15-27)28-16-11-8-12-17-28/h7-12,14-19,26,29,33,37H,4-6,13,20-25H2,1-3H3,(H,36,39). The Bertz CT molecular complexity index is 1390. The van der Waals surface area contributed by atoms with Gasteiger partial charge in [0.2, 0.25) is 0 Å². The number of carbonyl (C=O) groups excluding carboxylic acids is 1. The van der Waals surface area contributed by atoms with Crippen molar-refractivity contribution in [1.29, 1.82) is 0 Å². The van der Waals surface area contributed by atoms with E-state index in [1.165, 1.54) is 11.1 Å². The van der Waals surface area contributed by atoms with E-state index in [1.54, 1.807) is 4.52 Å². The summed E-state index contributed by atoms with van der Waals surface area (Å²) in [5, 5.41) is 12.2. The van der Waals surface area contributed by atoms with Gasteiger partial charge in [0.25, 0.3) is 0 Å². The lowest BCUT2D eigenvalue weighted by Crippen LogP contribution is -2.44. The summed E-state index contributed by atoms with van der Waals surface area (Å²) in [6, 6.07) is 26.2. The van der Waals surface area contributed by atoms with Crippen LogP contribution in [0.2, 0.25) is 0 Å². The molecule has 0 aliphatic carbocycles. The van der Waals surface area contributed by atoms with Crippen LogP contribution < -0.4 is 10.6 Å². The summed E-state index contributed by atoms with van der Waals surface area (Å²) >= 11 is 0. The second kappa shape index (κ2) is 14.6. The molecule has 228 valence electrons. The molecule has 2 N–H and O–H groups in total. The van der Waals surface area contributed by atoms with Crippen LogP contribution in [0.4, 0.5) is 5.82 Å². The number of fused-ring (bicyclic) bond motifs is 1. The van der Waals surface area contributed by atoms with E-state index in [2.05, 4.69) is 76.2 Å². The van der Waals surface area contributed by atoms with Crippen LogP contribution in [0.15, 0.2) is 79.0 Å². The fourth-order valence-electron chi connectivity index (χ4n) is 6.24. The predicted octanol–water partition coefficient (Wildman–Crippen LogP) is 6.00. The monoisotopic (exact) mass is 582 g/mol. The number of aromatic nitrogens is 3. The predicted molar refractivity (Wildman–Crippen MR) is 172 cm³/mol. The first-order chi connectivity index (χ1) is 21.1. The summed E-state index contributed by atoms with van der Waals surface area (Å²) in [6.45, 7) is 10.3. The molecule has 0 unspecified atom stereocenters. The highest BCUT2D eigenvalue weighted by molar-refractivity contribution is 5.82. The molecule has 8 heteroatoms. The van der Waals surface area contributed by atoms with Crippen molar-refractivity contribution < 1.29 is 9.53 Å². The molecule has 43 heavy (non-hydrogen) atoms. The molecule has 8 nitrogen and oxygen atoms in total. The topological polar surface area (TPSA) is 83.8 Å². The maximum atomic E-state index is 12.8. The van der Waals surface area contributed by atoms with E-state index in [0.29, 0.717) is 25.5 Å². The van der Waals surface area contributed by atoms with E-state index < -0.39 is 5.41 Å². The van der Waals surface area contributed by atoms with Crippen molar-refractivity contribution in [2.24, 2.45) is 0 Å². The van der Waals surface area contributed by atoms with E-state index in [0.717, 1.165) is 62.6 Å². The lowest BCUT2D eigenvalue weighted by Gasteiger charge is -2.35. The van der Waals surface area contributed by atoms with Gasteiger partial charge in [-0.3, -0.25) is 4.79 Å². The Labute approximate surface area is 255 Å². The van der Waals surface area contributed by atoms with Gasteiger partial charge in [0, 0.05) is 12.6 Å². The fourth-order valence-corrected chi connectivity index (χ4v) is 6.24. The summed E-state index contributed by atoms with van der Waals surface area (Å²) < 4.78 is 7.18. The molecular weight excluding hydrogens is 536 g/mol. The maximum absolute atomic E-state index is 12.8. The van der Waals surface area contributed by atoms with Gasteiger partial charge in [0.05, 0.1) is 24.5 Å². The molecule has 0 radical (unpaired) electrons. The van der Waals surface area contributed by atoms with Crippen LogP contribution >= 0.6 is 0 Å². The SMILES string of the molecule is CCOC(=O)C(CC)(CC)c1cn2nc(NCCCN3CCC(NC(c4ccccc4)c4ccccc4)CC3)ccc2n1. The van der Waals surface area contributed by atoms with Crippen molar-refractivity contribution in [2.45, 2.75) is 70.4 Å². The number of esters is 1. The average Bonchev–Trinajstić information content (AvgIpc) is 3.48. The van der Waals surface area contributed by atoms with Gasteiger partial charge < -0.3 is 20.3 Å². The quantitative estimate of drug-likeness (QED) is 0.139. The Morgan fingerprint density at radius 2 is 1.60 bits per heavy atom. The third-order valence-corrected chi connectivity index (χ3v) is 8.90. The molecule has 0 saturated carbocycles. The maximum Gasteiger partial charge on any atom is 0.318 e. The second-order valence-electron chi connectivity index (χ2n) is 11.5. The molecule has 0 bridgehead atoms. The highest BCUT2D eigenvalue weighted by Gasteiger charge is 2.40. The number of imidazole rings is 1. The van der Waals surface area contributed by atoms with Crippen LogP contribution in [0.5, 0.6) is 0 Å². The largest absolute Gasteiger partial charge is 0.465 e. The average molecular weight is 583 g/mol. The first kappa shape index (κ1) is 30.7. The van der Waals surface area contributed by atoms with Crippen molar-refractivity contribution >= 4 is 17.4 Å². The van der Waals surface area contributed by atoms with Crippen LogP contribution in [-0.4, -0.2) is 64.3 Å². The number of nitrogens with one attached hydrogen (secondary N) is 2. The Balaban J connectivity index is 1.10. The minimum absolute atomic E-state index is 0.213. The van der Waals surface area contributed by atoms with Crippen molar-refractivity contribution in [3.63, 3.8) is 0 Å². The third-order valence-electron chi connectivity index (χ3n) is 8.90. The molecule has 1 aliphatic heterocycles. The number of anilines is 1. The van der Waals surface area contributed by atoms with Gasteiger partial charge in [0.15, 0.2) is 5.65 Å². The summed E-state index contributed by atoms with van der Waals surface area (Å²) in [7, 11) is 0.